The predicted octanol–water partition coefficient (Wildman–Crippen LogP) is 2.24. The third kappa shape index (κ3) is 3.75. The Labute approximate surface area is 136 Å². The molecule has 1 heterocycles. The summed E-state index contributed by atoms with van der Waals surface area (Å²) in [6, 6.07) is 8.47. The molecule has 0 radical (unpaired) electrons. The van der Waals surface area contributed by atoms with Crippen LogP contribution in [-0.2, 0) is 9.53 Å². The van der Waals surface area contributed by atoms with Crippen molar-refractivity contribution in [1.29, 1.82) is 0 Å². The number of carbonyl (C=O) groups is 2. The zero-order valence-electron chi connectivity index (χ0n) is 11.5. The molecule has 0 bridgehead atoms. The number of hydrogen-bond donors (Lipinski definition) is 1. The van der Waals surface area contributed by atoms with Crippen LogP contribution in [0, 0.1) is 0 Å². The van der Waals surface area contributed by atoms with E-state index in [1.54, 1.807) is 36.6 Å². The van der Waals surface area contributed by atoms with Crippen LogP contribution in [0.15, 0.2) is 41.7 Å². The SMILES string of the molecule is CSc1ncc(Cl)c(C(=O)OC(C(N)=O)c2ccccc2)n1. The Bertz CT molecular complexity index is 697. The van der Waals surface area contributed by atoms with Crippen molar-refractivity contribution in [2.45, 2.75) is 11.3 Å². The summed E-state index contributed by atoms with van der Waals surface area (Å²) in [5, 5.41) is 0.408. The fourth-order valence-electron chi connectivity index (χ4n) is 1.67. The second-order valence-electron chi connectivity index (χ2n) is 4.15. The number of thioether (sulfide) groups is 1. The number of rotatable bonds is 5. The van der Waals surface area contributed by atoms with Crippen molar-refractivity contribution in [2.24, 2.45) is 5.73 Å². The fourth-order valence-corrected chi connectivity index (χ4v) is 2.18. The number of aromatic nitrogens is 2. The number of halogens is 1. The summed E-state index contributed by atoms with van der Waals surface area (Å²) >= 11 is 7.16. The predicted molar refractivity (Wildman–Crippen MR) is 82.6 cm³/mol. The Morgan fingerprint density at radius 2 is 2.00 bits per heavy atom. The van der Waals surface area contributed by atoms with Gasteiger partial charge in [-0.25, -0.2) is 14.8 Å². The minimum Gasteiger partial charge on any atom is -0.443 e. The van der Waals surface area contributed by atoms with E-state index in [-0.39, 0.29) is 10.7 Å². The minimum atomic E-state index is -1.21. The molecule has 0 aliphatic rings. The van der Waals surface area contributed by atoms with Crippen LogP contribution in [0.2, 0.25) is 5.02 Å². The van der Waals surface area contributed by atoms with Gasteiger partial charge in [-0.1, -0.05) is 53.7 Å². The summed E-state index contributed by atoms with van der Waals surface area (Å²) in [6.07, 6.45) is 1.85. The quantitative estimate of drug-likeness (QED) is 0.510. The van der Waals surface area contributed by atoms with Crippen LogP contribution < -0.4 is 5.73 Å². The second-order valence-corrected chi connectivity index (χ2v) is 5.33. The van der Waals surface area contributed by atoms with Gasteiger partial charge in [0.15, 0.2) is 10.9 Å². The first kappa shape index (κ1) is 16.3. The standard InChI is InChI=1S/C14H12ClN3O3S/c1-22-14-17-7-9(15)10(18-14)13(20)21-11(12(16)19)8-5-3-2-4-6-8/h2-7,11H,1H3,(H2,16,19). The zero-order chi connectivity index (χ0) is 16.1. The average molecular weight is 338 g/mol. The van der Waals surface area contributed by atoms with E-state index < -0.39 is 18.0 Å². The molecule has 1 aromatic heterocycles. The van der Waals surface area contributed by atoms with Crippen molar-refractivity contribution in [3.63, 3.8) is 0 Å². The van der Waals surface area contributed by atoms with Gasteiger partial charge in [0, 0.05) is 5.56 Å². The van der Waals surface area contributed by atoms with Gasteiger partial charge in [-0.05, 0) is 6.26 Å². The minimum absolute atomic E-state index is 0.0408. The maximum absolute atomic E-state index is 12.2. The number of nitrogens with two attached hydrogens (primary N) is 1. The summed E-state index contributed by atoms with van der Waals surface area (Å²) < 4.78 is 5.17. The molecule has 0 spiro atoms. The highest BCUT2D eigenvalue weighted by atomic mass is 35.5. The van der Waals surface area contributed by atoms with Gasteiger partial charge in [-0.3, -0.25) is 4.79 Å². The molecule has 1 amide bonds. The third-order valence-electron chi connectivity index (χ3n) is 2.68. The summed E-state index contributed by atoms with van der Waals surface area (Å²) in [7, 11) is 0. The lowest BCUT2D eigenvalue weighted by atomic mass is 10.1. The van der Waals surface area contributed by atoms with Gasteiger partial charge >= 0.3 is 5.97 Å². The molecule has 0 fully saturated rings. The second kappa shape index (κ2) is 7.24. The van der Waals surface area contributed by atoms with Gasteiger partial charge in [-0.2, -0.15) is 0 Å². The number of amides is 1. The Kier molecular flexibility index (Phi) is 5.35. The molecule has 8 heteroatoms. The molecular formula is C14H12ClN3O3S. The van der Waals surface area contributed by atoms with E-state index in [1.807, 2.05) is 0 Å². The number of benzene rings is 1. The van der Waals surface area contributed by atoms with Gasteiger partial charge < -0.3 is 10.5 Å². The van der Waals surface area contributed by atoms with Crippen molar-refractivity contribution >= 4 is 35.2 Å². The molecule has 6 nitrogen and oxygen atoms in total. The average Bonchev–Trinajstić information content (AvgIpc) is 2.53. The van der Waals surface area contributed by atoms with Crippen LogP contribution in [0.25, 0.3) is 0 Å². The fraction of sp³-hybridized carbons (Fsp3) is 0.143. The number of ether oxygens (including phenoxy) is 1. The van der Waals surface area contributed by atoms with Gasteiger partial charge in [0.25, 0.3) is 5.91 Å². The van der Waals surface area contributed by atoms with Gasteiger partial charge in [-0.15, -0.1) is 0 Å². The van der Waals surface area contributed by atoms with Crippen LogP contribution in [-0.4, -0.2) is 28.1 Å². The molecule has 1 atom stereocenters. The van der Waals surface area contributed by atoms with E-state index in [0.29, 0.717) is 10.7 Å². The van der Waals surface area contributed by atoms with E-state index in [2.05, 4.69) is 9.97 Å². The van der Waals surface area contributed by atoms with Crippen molar-refractivity contribution in [3.05, 3.63) is 52.8 Å². The monoisotopic (exact) mass is 337 g/mol. The Hall–Kier alpha value is -2.12. The zero-order valence-corrected chi connectivity index (χ0v) is 13.1. The summed E-state index contributed by atoms with van der Waals surface area (Å²) in [6.45, 7) is 0. The maximum Gasteiger partial charge on any atom is 0.359 e. The largest absolute Gasteiger partial charge is 0.443 e. The Balaban J connectivity index is 2.28. The van der Waals surface area contributed by atoms with Crippen LogP contribution in [0.3, 0.4) is 0 Å². The smallest absolute Gasteiger partial charge is 0.359 e. The Morgan fingerprint density at radius 1 is 1.32 bits per heavy atom. The number of hydrogen-bond acceptors (Lipinski definition) is 6. The maximum atomic E-state index is 12.2. The van der Waals surface area contributed by atoms with Crippen molar-refractivity contribution in [3.8, 4) is 0 Å². The van der Waals surface area contributed by atoms with E-state index in [0.717, 1.165) is 0 Å². The third-order valence-corrected chi connectivity index (χ3v) is 3.52. The normalized spacial score (nSPS) is 11.7. The molecule has 2 N–H and O–H groups in total. The molecule has 1 aromatic carbocycles. The van der Waals surface area contributed by atoms with Crippen LogP contribution in [0.5, 0.6) is 0 Å². The first-order valence-corrected chi connectivity index (χ1v) is 7.75. The lowest BCUT2D eigenvalue weighted by Gasteiger charge is -2.15. The first-order chi connectivity index (χ1) is 10.5. The van der Waals surface area contributed by atoms with E-state index >= 15 is 0 Å². The summed E-state index contributed by atoms with van der Waals surface area (Å²) in [4.78, 5) is 31.7. The summed E-state index contributed by atoms with van der Waals surface area (Å²) in [5.74, 6) is -1.62. The number of esters is 1. The molecule has 114 valence electrons. The summed E-state index contributed by atoms with van der Waals surface area (Å²) in [5.41, 5.74) is 5.67. The van der Waals surface area contributed by atoms with Crippen LogP contribution in [0.1, 0.15) is 22.2 Å². The highest BCUT2D eigenvalue weighted by Crippen LogP contribution is 2.22. The molecule has 2 rings (SSSR count). The van der Waals surface area contributed by atoms with Crippen LogP contribution >= 0.6 is 23.4 Å². The lowest BCUT2D eigenvalue weighted by Crippen LogP contribution is -2.26. The molecule has 0 saturated heterocycles. The molecule has 22 heavy (non-hydrogen) atoms. The highest BCUT2D eigenvalue weighted by Gasteiger charge is 2.25. The topological polar surface area (TPSA) is 95.2 Å². The number of primary amides is 1. The first-order valence-electron chi connectivity index (χ1n) is 6.14. The van der Waals surface area contributed by atoms with Crippen molar-refractivity contribution in [2.75, 3.05) is 6.26 Å². The molecular weight excluding hydrogens is 326 g/mol. The Morgan fingerprint density at radius 3 is 2.59 bits per heavy atom. The highest BCUT2D eigenvalue weighted by molar-refractivity contribution is 7.98. The lowest BCUT2D eigenvalue weighted by molar-refractivity contribution is -0.127. The molecule has 2 aromatic rings. The van der Waals surface area contributed by atoms with Gasteiger partial charge in [0.05, 0.1) is 11.2 Å². The van der Waals surface area contributed by atoms with Crippen LogP contribution in [0.4, 0.5) is 0 Å². The van der Waals surface area contributed by atoms with E-state index in [9.17, 15) is 9.59 Å². The van der Waals surface area contributed by atoms with E-state index in [1.165, 1.54) is 18.0 Å². The molecule has 1 unspecified atom stereocenters. The van der Waals surface area contributed by atoms with E-state index in [4.69, 9.17) is 22.1 Å². The molecule has 0 aliphatic carbocycles. The number of nitrogens with zero attached hydrogens (tertiary/aromatic N) is 2. The molecule has 0 aliphatic heterocycles. The van der Waals surface area contributed by atoms with Gasteiger partial charge in [0.1, 0.15) is 0 Å². The van der Waals surface area contributed by atoms with Crippen molar-refractivity contribution in [1.82, 2.24) is 9.97 Å². The molecule has 0 saturated carbocycles. The van der Waals surface area contributed by atoms with Crippen molar-refractivity contribution < 1.29 is 14.3 Å². The van der Waals surface area contributed by atoms with Gasteiger partial charge in [0.2, 0.25) is 6.10 Å². The number of carbonyl (C=O) groups excluding carboxylic acids is 2.